The van der Waals surface area contributed by atoms with Crippen LogP contribution >= 0.6 is 0 Å². The predicted octanol–water partition coefficient (Wildman–Crippen LogP) is 2.08. The van der Waals surface area contributed by atoms with Crippen LogP contribution in [0.3, 0.4) is 0 Å². The molecule has 11 nitrogen and oxygen atoms in total. The Morgan fingerprint density at radius 2 is 1.90 bits per heavy atom. The number of carbonyl (C=O) groups is 1. The number of halogens is 1. The predicted molar refractivity (Wildman–Crippen MR) is 143 cm³/mol. The van der Waals surface area contributed by atoms with E-state index in [0.717, 1.165) is 16.9 Å². The first-order valence-corrected chi connectivity index (χ1v) is 14.8. The van der Waals surface area contributed by atoms with Crippen LogP contribution in [0.4, 0.5) is 21.8 Å². The normalized spacial score (nSPS) is 27.1. The van der Waals surface area contributed by atoms with Crippen molar-refractivity contribution in [2.45, 2.75) is 69.7 Å². The van der Waals surface area contributed by atoms with Gasteiger partial charge in [-0.05, 0) is 38.3 Å². The van der Waals surface area contributed by atoms with Crippen LogP contribution in [0.15, 0.2) is 12.4 Å². The van der Waals surface area contributed by atoms with E-state index in [1.165, 1.54) is 11.2 Å². The molecule has 5 rings (SSSR count). The fourth-order valence-electron chi connectivity index (χ4n) is 5.98. The molecule has 1 amide bonds. The second-order valence-electron chi connectivity index (χ2n) is 11.4. The summed E-state index contributed by atoms with van der Waals surface area (Å²) in [6.07, 6.45) is 2.18. The molecule has 0 aliphatic carbocycles. The lowest BCUT2D eigenvalue weighted by Crippen LogP contribution is -2.68. The molecule has 3 aliphatic rings. The molecule has 0 unspecified atom stereocenters. The first-order chi connectivity index (χ1) is 18.4. The van der Waals surface area contributed by atoms with Crippen LogP contribution in [0.2, 0.25) is 0 Å². The molecule has 13 heteroatoms. The topological polar surface area (TPSA) is 136 Å². The number of nitrogens with zero attached hydrogens (tertiary/aromatic N) is 8. The van der Waals surface area contributed by atoms with Crippen molar-refractivity contribution in [3.05, 3.63) is 29.2 Å². The van der Waals surface area contributed by atoms with Gasteiger partial charge in [-0.25, -0.2) is 22.8 Å². The average Bonchev–Trinajstić information content (AvgIpc) is 3.20. The van der Waals surface area contributed by atoms with Gasteiger partial charge in [-0.3, -0.25) is 4.79 Å². The van der Waals surface area contributed by atoms with Crippen molar-refractivity contribution in [2.24, 2.45) is 0 Å². The quantitative estimate of drug-likeness (QED) is 0.538. The van der Waals surface area contributed by atoms with E-state index in [4.69, 9.17) is 0 Å². The Hall–Kier alpha value is -3.40. The van der Waals surface area contributed by atoms with E-state index < -0.39 is 27.2 Å². The number of carbonyl (C=O) groups excluding carboxylic acids is 1. The number of alkyl halides is 1. The van der Waals surface area contributed by atoms with Gasteiger partial charge < -0.3 is 14.7 Å². The molecule has 0 aromatic carbocycles. The van der Waals surface area contributed by atoms with E-state index in [1.54, 1.807) is 0 Å². The smallest absolute Gasteiger partial charge is 0.247 e. The number of hydrogen-bond donors (Lipinski definition) is 0. The number of aryl methyl sites for hydroxylation is 1. The summed E-state index contributed by atoms with van der Waals surface area (Å²) in [4.78, 5) is 28.3. The number of rotatable bonds is 5. The lowest BCUT2D eigenvalue weighted by Gasteiger charge is -2.49. The Morgan fingerprint density at radius 3 is 2.49 bits per heavy atom. The van der Waals surface area contributed by atoms with E-state index in [2.05, 4.69) is 45.0 Å². The van der Waals surface area contributed by atoms with Gasteiger partial charge in [0.2, 0.25) is 5.91 Å². The van der Waals surface area contributed by atoms with Gasteiger partial charge in [-0.1, -0.05) is 20.8 Å². The summed E-state index contributed by atoms with van der Waals surface area (Å²) in [6.45, 7) is 10.0. The van der Waals surface area contributed by atoms with Crippen molar-refractivity contribution >= 4 is 33.2 Å². The molecule has 2 aromatic heterocycles. The van der Waals surface area contributed by atoms with Crippen molar-refractivity contribution in [3.63, 3.8) is 0 Å². The highest BCUT2D eigenvalue weighted by Crippen LogP contribution is 2.47. The van der Waals surface area contributed by atoms with Gasteiger partial charge >= 0.3 is 0 Å². The van der Waals surface area contributed by atoms with Crippen LogP contribution < -0.4 is 9.80 Å². The van der Waals surface area contributed by atoms with Gasteiger partial charge in [0.25, 0.3) is 0 Å². The summed E-state index contributed by atoms with van der Waals surface area (Å²) in [6, 6.07) is 3.42. The maximum Gasteiger partial charge on any atom is 0.247 e. The zero-order chi connectivity index (χ0) is 28.3. The number of hydrogen-bond acceptors (Lipinski definition) is 10. The number of amides is 1. The standard InChI is InChI=1S/C26H33FN8O3S/c1-6-18-9-20(32-31-19(18)10-28)35-14-25(4,5)21-22(29-15-30-23(21)35)33-11-17(3)34(12-16(33)2)24(36)26(13-27)7-8-39(26,37)38/h9,15-17H,6-8,11-14H2,1-5H3/t16-,17+,26-/m0/s1. The van der Waals surface area contributed by atoms with Crippen molar-refractivity contribution in [3.8, 4) is 6.07 Å². The van der Waals surface area contributed by atoms with Crippen LogP contribution in [-0.2, 0) is 26.5 Å². The minimum Gasteiger partial charge on any atom is -0.350 e. The Bertz CT molecular complexity index is 1470. The molecule has 2 fully saturated rings. The Balaban J connectivity index is 1.47. The van der Waals surface area contributed by atoms with Gasteiger partial charge in [0.1, 0.15) is 30.7 Å². The fraction of sp³-hybridized carbons (Fsp3) is 0.615. The monoisotopic (exact) mass is 556 g/mol. The summed E-state index contributed by atoms with van der Waals surface area (Å²) >= 11 is 0. The first-order valence-electron chi connectivity index (χ1n) is 13.2. The molecular weight excluding hydrogens is 523 g/mol. The average molecular weight is 557 g/mol. The number of aromatic nitrogens is 4. The summed E-state index contributed by atoms with van der Waals surface area (Å²) in [5.41, 5.74) is 1.70. The molecular formula is C26H33FN8O3S. The highest BCUT2D eigenvalue weighted by Gasteiger charge is 2.60. The molecule has 3 atom stereocenters. The summed E-state index contributed by atoms with van der Waals surface area (Å²) < 4.78 is 36.9. The maximum absolute atomic E-state index is 14.0. The summed E-state index contributed by atoms with van der Waals surface area (Å²) in [5.74, 6) is 1.27. The Morgan fingerprint density at radius 1 is 1.18 bits per heavy atom. The lowest BCUT2D eigenvalue weighted by molar-refractivity contribution is -0.138. The number of piperazine rings is 1. The SMILES string of the molecule is CCc1cc(N2CC(C)(C)c3c2ncnc3N2C[C@@H](C)N(C(=O)[C@@]3(CF)CCS3(=O)=O)C[C@@H]2C)nnc1C#N. The highest BCUT2D eigenvalue weighted by molar-refractivity contribution is 7.95. The van der Waals surface area contributed by atoms with Crippen LogP contribution in [-0.4, -0.2) is 88.3 Å². The van der Waals surface area contributed by atoms with Gasteiger partial charge in [-0.2, -0.15) is 5.26 Å². The molecule has 5 heterocycles. The number of fused-ring (bicyclic) bond motifs is 1. The molecule has 0 N–H and O–H groups in total. The highest BCUT2D eigenvalue weighted by atomic mass is 32.2. The van der Waals surface area contributed by atoms with E-state index >= 15 is 0 Å². The van der Waals surface area contributed by atoms with E-state index in [9.17, 15) is 22.9 Å². The third-order valence-corrected chi connectivity index (χ3v) is 10.8. The first kappa shape index (κ1) is 27.2. The Labute approximate surface area is 228 Å². The van der Waals surface area contributed by atoms with E-state index in [1.807, 2.05) is 31.7 Å². The minimum atomic E-state index is -3.79. The van der Waals surface area contributed by atoms with Gasteiger partial charge in [-0.15, -0.1) is 10.2 Å². The summed E-state index contributed by atoms with van der Waals surface area (Å²) in [7, 11) is -3.79. The molecule has 39 heavy (non-hydrogen) atoms. The third kappa shape index (κ3) is 4.02. The van der Waals surface area contributed by atoms with Crippen LogP contribution in [0, 0.1) is 11.3 Å². The zero-order valence-corrected chi connectivity index (χ0v) is 23.7. The van der Waals surface area contributed by atoms with Crippen molar-refractivity contribution in [1.82, 2.24) is 25.1 Å². The molecule has 0 bridgehead atoms. The van der Waals surface area contributed by atoms with Crippen LogP contribution in [0.1, 0.15) is 57.9 Å². The Kier molecular flexibility index (Phi) is 6.52. The van der Waals surface area contributed by atoms with E-state index in [-0.39, 0.29) is 36.2 Å². The second kappa shape index (κ2) is 9.36. The van der Waals surface area contributed by atoms with Crippen LogP contribution in [0.5, 0.6) is 0 Å². The van der Waals surface area contributed by atoms with Gasteiger partial charge in [0.05, 0.1) is 5.75 Å². The van der Waals surface area contributed by atoms with Crippen molar-refractivity contribution in [2.75, 3.05) is 41.9 Å². The lowest BCUT2D eigenvalue weighted by atomic mass is 9.87. The largest absolute Gasteiger partial charge is 0.350 e. The zero-order valence-electron chi connectivity index (χ0n) is 22.8. The fourth-order valence-corrected chi connectivity index (χ4v) is 7.56. The van der Waals surface area contributed by atoms with Crippen molar-refractivity contribution in [1.29, 1.82) is 5.26 Å². The molecule has 3 aliphatic heterocycles. The van der Waals surface area contributed by atoms with Gasteiger partial charge in [0, 0.05) is 42.7 Å². The molecule has 208 valence electrons. The minimum absolute atomic E-state index is 0.0212. The van der Waals surface area contributed by atoms with Gasteiger partial charge in [0.15, 0.2) is 26.1 Å². The maximum atomic E-state index is 14.0. The molecule has 0 radical (unpaired) electrons. The number of anilines is 3. The summed E-state index contributed by atoms with van der Waals surface area (Å²) in [5, 5.41) is 17.8. The van der Waals surface area contributed by atoms with Crippen molar-refractivity contribution < 1.29 is 17.6 Å². The molecule has 0 saturated carbocycles. The number of sulfone groups is 1. The third-order valence-electron chi connectivity index (χ3n) is 8.41. The number of nitriles is 1. The molecule has 0 spiro atoms. The molecule has 2 aromatic rings. The van der Waals surface area contributed by atoms with E-state index in [0.29, 0.717) is 36.8 Å². The second-order valence-corrected chi connectivity index (χ2v) is 13.8. The molecule has 2 saturated heterocycles. The van der Waals surface area contributed by atoms with Crippen LogP contribution in [0.25, 0.3) is 0 Å².